The lowest BCUT2D eigenvalue weighted by molar-refractivity contribution is -0.141. The van der Waals surface area contributed by atoms with Gasteiger partial charge in [0, 0.05) is 23.5 Å². The number of carbonyl (C=O) groups is 2. The Labute approximate surface area is 155 Å². The fraction of sp³-hybridized carbons (Fsp3) is 0.190. The lowest BCUT2D eigenvalue weighted by Gasteiger charge is -2.17. The summed E-state index contributed by atoms with van der Waals surface area (Å²) in [4.78, 5) is 38.8. The average molecular weight is 363 g/mol. The van der Waals surface area contributed by atoms with Gasteiger partial charge in [-0.1, -0.05) is 36.4 Å². The molecule has 1 aliphatic heterocycles. The van der Waals surface area contributed by atoms with Gasteiger partial charge in [-0.15, -0.1) is 0 Å². The van der Waals surface area contributed by atoms with Crippen LogP contribution in [-0.2, 0) is 9.53 Å². The van der Waals surface area contributed by atoms with Crippen molar-refractivity contribution in [2.75, 3.05) is 18.6 Å². The Hall–Kier alpha value is -3.41. The number of hydrogen-bond donors (Lipinski definition) is 0. The summed E-state index contributed by atoms with van der Waals surface area (Å²) in [6, 6.07) is 16.0. The van der Waals surface area contributed by atoms with E-state index in [1.807, 2.05) is 30.3 Å². The molecule has 0 aliphatic carbocycles. The van der Waals surface area contributed by atoms with Crippen LogP contribution < -0.4 is 10.5 Å². The van der Waals surface area contributed by atoms with Crippen molar-refractivity contribution in [2.45, 2.75) is 12.3 Å². The molecule has 2 aromatic carbocycles. The maximum Gasteiger partial charge on any atom is 0.349 e. The first kappa shape index (κ1) is 17.0. The van der Waals surface area contributed by atoms with Crippen molar-refractivity contribution in [3.8, 4) is 0 Å². The topological polar surface area (TPSA) is 76.8 Å². The summed E-state index contributed by atoms with van der Waals surface area (Å²) in [5.41, 5.74) is 1.32. The van der Waals surface area contributed by atoms with E-state index in [4.69, 9.17) is 9.15 Å². The second-order valence-electron chi connectivity index (χ2n) is 6.44. The van der Waals surface area contributed by atoms with E-state index in [0.29, 0.717) is 23.2 Å². The molecule has 1 amide bonds. The molecule has 1 unspecified atom stereocenters. The number of carbonyl (C=O) groups excluding carboxylic acids is 2. The van der Waals surface area contributed by atoms with Crippen LogP contribution in [0.3, 0.4) is 0 Å². The third kappa shape index (κ3) is 2.99. The van der Waals surface area contributed by atoms with E-state index in [9.17, 15) is 14.4 Å². The highest BCUT2D eigenvalue weighted by Gasteiger charge is 2.35. The molecule has 0 bridgehead atoms. The van der Waals surface area contributed by atoms with Crippen LogP contribution in [0.1, 0.15) is 28.3 Å². The van der Waals surface area contributed by atoms with Crippen molar-refractivity contribution in [3.63, 3.8) is 0 Å². The Balaban J connectivity index is 1.73. The van der Waals surface area contributed by atoms with E-state index in [-0.39, 0.29) is 23.9 Å². The van der Waals surface area contributed by atoms with E-state index < -0.39 is 11.5 Å². The molecule has 1 aromatic heterocycles. The van der Waals surface area contributed by atoms with E-state index in [1.165, 1.54) is 12.0 Å². The minimum Gasteiger partial charge on any atom is -0.469 e. The first-order chi connectivity index (χ1) is 13.1. The maximum absolute atomic E-state index is 13.1. The SMILES string of the molecule is COC(=O)CC1CN(C(=O)c2cc3ccccc3oc2=O)c2ccccc21. The molecule has 1 atom stereocenters. The van der Waals surface area contributed by atoms with Gasteiger partial charge >= 0.3 is 11.6 Å². The van der Waals surface area contributed by atoms with Crippen molar-refractivity contribution >= 4 is 28.5 Å². The lowest BCUT2D eigenvalue weighted by atomic mass is 9.98. The zero-order valence-corrected chi connectivity index (χ0v) is 14.7. The van der Waals surface area contributed by atoms with Crippen molar-refractivity contribution < 1.29 is 18.7 Å². The van der Waals surface area contributed by atoms with E-state index >= 15 is 0 Å². The molecule has 136 valence electrons. The Morgan fingerprint density at radius 3 is 2.70 bits per heavy atom. The highest BCUT2D eigenvalue weighted by atomic mass is 16.5. The van der Waals surface area contributed by atoms with Crippen LogP contribution in [0.5, 0.6) is 0 Å². The van der Waals surface area contributed by atoms with Crippen LogP contribution in [0, 0.1) is 0 Å². The summed E-state index contributed by atoms with van der Waals surface area (Å²) in [6.45, 7) is 0.305. The summed E-state index contributed by atoms with van der Waals surface area (Å²) in [6.07, 6.45) is 0.170. The second kappa shape index (κ2) is 6.72. The van der Waals surface area contributed by atoms with E-state index in [2.05, 4.69) is 0 Å². The Morgan fingerprint density at radius 1 is 1.15 bits per heavy atom. The Morgan fingerprint density at radius 2 is 1.89 bits per heavy atom. The zero-order valence-electron chi connectivity index (χ0n) is 14.7. The number of esters is 1. The Bertz CT molecular complexity index is 1100. The number of amides is 1. The first-order valence-electron chi connectivity index (χ1n) is 8.59. The number of nitrogens with zero attached hydrogens (tertiary/aromatic N) is 1. The molecule has 0 fully saturated rings. The monoisotopic (exact) mass is 363 g/mol. The van der Waals surface area contributed by atoms with Gasteiger partial charge in [-0.2, -0.15) is 0 Å². The van der Waals surface area contributed by atoms with Crippen molar-refractivity contribution in [1.82, 2.24) is 0 Å². The summed E-state index contributed by atoms with van der Waals surface area (Å²) in [5.74, 6) is -0.950. The van der Waals surface area contributed by atoms with Gasteiger partial charge < -0.3 is 14.1 Å². The molecule has 2 heterocycles. The number of para-hydroxylation sites is 2. The molecule has 0 saturated carbocycles. The van der Waals surface area contributed by atoms with E-state index in [0.717, 1.165) is 5.56 Å². The summed E-state index contributed by atoms with van der Waals surface area (Å²) in [5, 5.41) is 0.680. The fourth-order valence-corrected chi connectivity index (χ4v) is 3.50. The van der Waals surface area contributed by atoms with Gasteiger partial charge in [-0.25, -0.2) is 4.79 Å². The lowest BCUT2D eigenvalue weighted by Crippen LogP contribution is -2.33. The molecular formula is C21H17NO5. The molecule has 6 heteroatoms. The molecule has 4 rings (SSSR count). The predicted molar refractivity (Wildman–Crippen MR) is 100.0 cm³/mol. The number of ether oxygens (including phenoxy) is 1. The number of hydrogen-bond acceptors (Lipinski definition) is 5. The van der Waals surface area contributed by atoms with Gasteiger partial charge in [0.25, 0.3) is 5.91 Å². The van der Waals surface area contributed by atoms with Crippen molar-refractivity contribution in [3.05, 3.63) is 76.1 Å². The molecule has 0 spiro atoms. The highest BCUT2D eigenvalue weighted by Crippen LogP contribution is 2.38. The number of rotatable bonds is 3. The molecule has 27 heavy (non-hydrogen) atoms. The molecule has 3 aromatic rings. The molecule has 1 aliphatic rings. The van der Waals surface area contributed by atoms with Crippen molar-refractivity contribution in [1.29, 1.82) is 0 Å². The van der Waals surface area contributed by atoms with Crippen LogP contribution in [0.25, 0.3) is 11.0 Å². The smallest absolute Gasteiger partial charge is 0.349 e. The molecular weight excluding hydrogens is 346 g/mol. The van der Waals surface area contributed by atoms with Gasteiger partial charge in [-0.3, -0.25) is 9.59 Å². The Kier molecular flexibility index (Phi) is 4.24. The first-order valence-corrected chi connectivity index (χ1v) is 8.59. The van der Waals surface area contributed by atoms with Crippen LogP contribution in [-0.4, -0.2) is 25.5 Å². The number of anilines is 1. The van der Waals surface area contributed by atoms with Gasteiger partial charge in [0.05, 0.1) is 13.5 Å². The number of fused-ring (bicyclic) bond motifs is 2. The summed E-state index contributed by atoms with van der Waals surface area (Å²) in [7, 11) is 1.34. The van der Waals surface area contributed by atoms with Crippen LogP contribution in [0.15, 0.2) is 63.8 Å². The third-order valence-corrected chi connectivity index (χ3v) is 4.83. The van der Waals surface area contributed by atoms with Crippen molar-refractivity contribution in [2.24, 2.45) is 0 Å². The van der Waals surface area contributed by atoms with E-state index in [1.54, 1.807) is 24.3 Å². The van der Waals surface area contributed by atoms with Gasteiger partial charge in [0.15, 0.2) is 0 Å². The minimum atomic E-state index is -0.674. The van der Waals surface area contributed by atoms with Crippen LogP contribution in [0.2, 0.25) is 0 Å². The fourth-order valence-electron chi connectivity index (χ4n) is 3.50. The van der Waals surface area contributed by atoms with Gasteiger partial charge in [0.2, 0.25) is 0 Å². The summed E-state index contributed by atoms with van der Waals surface area (Å²) < 4.78 is 10.1. The van der Waals surface area contributed by atoms with Crippen LogP contribution in [0.4, 0.5) is 5.69 Å². The summed E-state index contributed by atoms with van der Waals surface area (Å²) >= 11 is 0. The average Bonchev–Trinajstić information content (AvgIpc) is 3.05. The highest BCUT2D eigenvalue weighted by molar-refractivity contribution is 6.08. The molecule has 6 nitrogen and oxygen atoms in total. The zero-order chi connectivity index (χ0) is 19.0. The van der Waals surface area contributed by atoms with Gasteiger partial charge in [0.1, 0.15) is 11.1 Å². The second-order valence-corrected chi connectivity index (χ2v) is 6.44. The predicted octanol–water partition coefficient (Wildman–Crippen LogP) is 3.10. The van der Waals surface area contributed by atoms with Crippen LogP contribution >= 0.6 is 0 Å². The van der Waals surface area contributed by atoms with Gasteiger partial charge in [-0.05, 0) is 23.8 Å². The standard InChI is InChI=1S/C21H17NO5/c1-26-19(23)11-14-12-22(17-8-4-3-7-15(14)17)20(24)16-10-13-6-2-5-9-18(13)27-21(16)25/h2-10,14H,11-12H2,1H3. The molecule has 0 radical (unpaired) electrons. The normalized spacial score (nSPS) is 15.6. The third-order valence-electron chi connectivity index (χ3n) is 4.83. The number of benzene rings is 2. The number of methoxy groups -OCH3 is 1. The quantitative estimate of drug-likeness (QED) is 0.528. The largest absolute Gasteiger partial charge is 0.469 e. The maximum atomic E-state index is 13.1. The minimum absolute atomic E-state index is 0.0257. The molecule has 0 saturated heterocycles. The molecule has 0 N–H and O–H groups in total.